The maximum Gasteiger partial charge on any atom is 0.258 e. The third-order valence-corrected chi connectivity index (χ3v) is 2.78. The summed E-state index contributed by atoms with van der Waals surface area (Å²) in [5, 5.41) is 14.0. The average Bonchev–Trinajstić information content (AvgIpc) is 2.56. The molecular weight excluding hydrogens is 232 g/mol. The highest BCUT2D eigenvalue weighted by Crippen LogP contribution is 2.23. The van der Waals surface area contributed by atoms with Gasteiger partial charge in [-0.2, -0.15) is 10.1 Å². The highest BCUT2D eigenvalue weighted by Gasteiger charge is 2.16. The summed E-state index contributed by atoms with van der Waals surface area (Å²) in [5.74, 6) is 0.0461. The van der Waals surface area contributed by atoms with E-state index in [4.69, 9.17) is 0 Å². The molecule has 2 rings (SSSR count). The first-order valence-corrected chi connectivity index (χ1v) is 5.74. The van der Waals surface area contributed by atoms with E-state index in [1.54, 1.807) is 17.9 Å². The SMILES string of the molecule is Cc1nn(C)cc1-c1nc(O)c(C(C)C)c(=O)[nH]1. The van der Waals surface area contributed by atoms with E-state index in [1.807, 2.05) is 20.8 Å². The highest BCUT2D eigenvalue weighted by atomic mass is 16.3. The topological polar surface area (TPSA) is 83.8 Å². The van der Waals surface area contributed by atoms with Crippen molar-refractivity contribution in [3.8, 4) is 17.3 Å². The first-order chi connectivity index (χ1) is 8.40. The number of hydrogen-bond acceptors (Lipinski definition) is 4. The van der Waals surface area contributed by atoms with Crippen LogP contribution in [0.15, 0.2) is 11.0 Å². The molecule has 96 valence electrons. The molecule has 2 heterocycles. The molecule has 0 saturated carbocycles. The number of rotatable bonds is 2. The molecule has 0 aliphatic rings. The van der Waals surface area contributed by atoms with Gasteiger partial charge in [-0.25, -0.2) is 0 Å². The quantitative estimate of drug-likeness (QED) is 0.839. The molecule has 2 aromatic heterocycles. The van der Waals surface area contributed by atoms with Crippen molar-refractivity contribution in [2.45, 2.75) is 26.7 Å². The molecular formula is C12H16N4O2. The Balaban J connectivity index is 2.62. The molecule has 0 bridgehead atoms. The molecule has 6 nitrogen and oxygen atoms in total. The van der Waals surface area contributed by atoms with E-state index >= 15 is 0 Å². The van der Waals surface area contributed by atoms with Crippen molar-refractivity contribution in [1.82, 2.24) is 19.7 Å². The van der Waals surface area contributed by atoms with E-state index in [2.05, 4.69) is 15.1 Å². The molecule has 0 aromatic carbocycles. The minimum atomic E-state index is -0.309. The first-order valence-electron chi connectivity index (χ1n) is 5.74. The smallest absolute Gasteiger partial charge is 0.258 e. The fraction of sp³-hybridized carbons (Fsp3) is 0.417. The Morgan fingerprint density at radius 3 is 2.56 bits per heavy atom. The summed E-state index contributed by atoms with van der Waals surface area (Å²) >= 11 is 0. The lowest BCUT2D eigenvalue weighted by Gasteiger charge is -2.07. The second-order valence-electron chi connectivity index (χ2n) is 4.61. The lowest BCUT2D eigenvalue weighted by Crippen LogP contribution is -2.16. The van der Waals surface area contributed by atoms with Gasteiger partial charge in [0.2, 0.25) is 5.88 Å². The van der Waals surface area contributed by atoms with Gasteiger partial charge >= 0.3 is 0 Å². The maximum atomic E-state index is 11.9. The molecule has 0 spiro atoms. The molecule has 6 heteroatoms. The van der Waals surface area contributed by atoms with Crippen molar-refractivity contribution >= 4 is 0 Å². The summed E-state index contributed by atoms with van der Waals surface area (Å²) in [6, 6.07) is 0. The molecule has 0 aliphatic carbocycles. The summed E-state index contributed by atoms with van der Waals surface area (Å²) in [6.45, 7) is 5.49. The number of aromatic amines is 1. The zero-order chi connectivity index (χ0) is 13.4. The Morgan fingerprint density at radius 1 is 1.44 bits per heavy atom. The van der Waals surface area contributed by atoms with Crippen molar-refractivity contribution in [2.75, 3.05) is 0 Å². The molecule has 18 heavy (non-hydrogen) atoms. The fourth-order valence-electron chi connectivity index (χ4n) is 1.95. The van der Waals surface area contributed by atoms with Gasteiger partial charge < -0.3 is 10.1 Å². The van der Waals surface area contributed by atoms with Crippen molar-refractivity contribution in [1.29, 1.82) is 0 Å². The number of nitrogens with one attached hydrogen (secondary N) is 1. The number of H-pyrrole nitrogens is 1. The predicted octanol–water partition coefficient (Wildman–Crippen LogP) is 1.31. The van der Waals surface area contributed by atoms with Gasteiger partial charge in [0.1, 0.15) is 5.82 Å². The molecule has 0 atom stereocenters. The van der Waals surface area contributed by atoms with Crippen LogP contribution in [0.3, 0.4) is 0 Å². The van der Waals surface area contributed by atoms with Crippen molar-refractivity contribution in [3.63, 3.8) is 0 Å². The number of aryl methyl sites for hydroxylation is 2. The van der Waals surface area contributed by atoms with Crippen molar-refractivity contribution in [3.05, 3.63) is 27.8 Å². The average molecular weight is 248 g/mol. The van der Waals surface area contributed by atoms with Crippen molar-refractivity contribution < 1.29 is 5.11 Å². The van der Waals surface area contributed by atoms with E-state index in [-0.39, 0.29) is 17.4 Å². The Labute approximate surface area is 104 Å². The minimum Gasteiger partial charge on any atom is -0.493 e. The van der Waals surface area contributed by atoms with Gasteiger partial charge in [0.25, 0.3) is 5.56 Å². The monoisotopic (exact) mass is 248 g/mol. The maximum absolute atomic E-state index is 11.9. The lowest BCUT2D eigenvalue weighted by atomic mass is 10.1. The van der Waals surface area contributed by atoms with Gasteiger partial charge in [0.05, 0.1) is 16.8 Å². The van der Waals surface area contributed by atoms with Crippen LogP contribution in [-0.2, 0) is 7.05 Å². The van der Waals surface area contributed by atoms with Crippen molar-refractivity contribution in [2.24, 2.45) is 7.05 Å². The van der Waals surface area contributed by atoms with Gasteiger partial charge in [0.15, 0.2) is 0 Å². The number of aromatic hydroxyl groups is 1. The molecule has 0 aliphatic heterocycles. The summed E-state index contributed by atoms with van der Waals surface area (Å²) < 4.78 is 1.64. The van der Waals surface area contributed by atoms with Crippen LogP contribution in [0.2, 0.25) is 0 Å². The standard InChI is InChI=1S/C12H16N4O2/c1-6(2)9-11(17)13-10(14-12(9)18)8-5-16(4)15-7(8)3/h5-6H,1-4H3,(H2,13,14,17,18). The van der Waals surface area contributed by atoms with Gasteiger partial charge in [-0.05, 0) is 12.8 Å². The van der Waals surface area contributed by atoms with Gasteiger partial charge in [-0.3, -0.25) is 9.48 Å². The van der Waals surface area contributed by atoms with Crippen LogP contribution in [-0.4, -0.2) is 24.9 Å². The van der Waals surface area contributed by atoms with E-state index in [0.717, 1.165) is 5.69 Å². The summed E-state index contributed by atoms with van der Waals surface area (Å²) in [6.07, 6.45) is 1.75. The van der Waals surface area contributed by atoms with E-state index in [9.17, 15) is 9.90 Å². The van der Waals surface area contributed by atoms with Crippen LogP contribution in [0.1, 0.15) is 31.0 Å². The highest BCUT2D eigenvalue weighted by molar-refractivity contribution is 5.57. The van der Waals surface area contributed by atoms with Gasteiger partial charge in [-0.15, -0.1) is 0 Å². The summed E-state index contributed by atoms with van der Waals surface area (Å²) in [5.41, 5.74) is 1.45. The van der Waals surface area contributed by atoms with E-state index < -0.39 is 0 Å². The Kier molecular flexibility index (Phi) is 2.94. The minimum absolute atomic E-state index is 0.0784. The summed E-state index contributed by atoms with van der Waals surface area (Å²) in [7, 11) is 1.79. The van der Waals surface area contributed by atoms with Gasteiger partial charge in [0, 0.05) is 13.2 Å². The van der Waals surface area contributed by atoms with E-state index in [1.165, 1.54) is 0 Å². The molecule has 2 aromatic rings. The second-order valence-corrected chi connectivity index (χ2v) is 4.61. The van der Waals surface area contributed by atoms with Gasteiger partial charge in [-0.1, -0.05) is 13.8 Å². The van der Waals surface area contributed by atoms with Crippen LogP contribution >= 0.6 is 0 Å². The molecule has 0 unspecified atom stereocenters. The van der Waals surface area contributed by atoms with Crippen LogP contribution in [0.25, 0.3) is 11.4 Å². The number of aromatic nitrogens is 4. The van der Waals surface area contributed by atoms with Crippen LogP contribution < -0.4 is 5.56 Å². The number of hydrogen-bond donors (Lipinski definition) is 2. The largest absolute Gasteiger partial charge is 0.493 e. The first kappa shape index (κ1) is 12.3. The predicted molar refractivity (Wildman–Crippen MR) is 67.6 cm³/mol. The molecule has 0 amide bonds. The zero-order valence-electron chi connectivity index (χ0n) is 10.9. The summed E-state index contributed by atoms with van der Waals surface area (Å²) in [4.78, 5) is 18.6. The second kappa shape index (κ2) is 4.29. The molecule has 0 fully saturated rings. The molecule has 0 saturated heterocycles. The fourth-order valence-corrected chi connectivity index (χ4v) is 1.95. The molecule has 0 radical (unpaired) electrons. The zero-order valence-corrected chi connectivity index (χ0v) is 10.9. The number of nitrogens with zero attached hydrogens (tertiary/aromatic N) is 3. The van der Waals surface area contributed by atoms with Crippen LogP contribution in [0.5, 0.6) is 5.88 Å². The van der Waals surface area contributed by atoms with E-state index in [0.29, 0.717) is 17.0 Å². The normalized spacial score (nSPS) is 11.2. The Morgan fingerprint density at radius 2 is 2.11 bits per heavy atom. The third-order valence-electron chi connectivity index (χ3n) is 2.78. The molecule has 2 N–H and O–H groups in total. The van der Waals surface area contributed by atoms with Crippen LogP contribution in [0, 0.1) is 6.92 Å². The third kappa shape index (κ3) is 2.01. The lowest BCUT2D eigenvalue weighted by molar-refractivity contribution is 0.440. The van der Waals surface area contributed by atoms with Crippen LogP contribution in [0.4, 0.5) is 0 Å². The Hall–Kier alpha value is -2.11. The Bertz CT molecular complexity index is 640.